The molecule has 6 heteroatoms. The van der Waals surface area contributed by atoms with Crippen LogP contribution in [0.25, 0.3) is 11.4 Å². The molecule has 0 saturated carbocycles. The first-order valence-corrected chi connectivity index (χ1v) is 4.99. The zero-order valence-electron chi connectivity index (χ0n) is 7.91. The van der Waals surface area contributed by atoms with Gasteiger partial charge < -0.3 is 5.73 Å². The Morgan fingerprint density at radius 2 is 2.20 bits per heavy atom. The van der Waals surface area contributed by atoms with Gasteiger partial charge in [0.15, 0.2) is 5.82 Å². The average molecular weight is 271 g/mol. The Balaban J connectivity index is 2.58. The van der Waals surface area contributed by atoms with Crippen molar-refractivity contribution in [1.29, 1.82) is 0 Å². The van der Waals surface area contributed by atoms with E-state index in [1.54, 1.807) is 19.2 Å². The van der Waals surface area contributed by atoms with Crippen molar-refractivity contribution in [3.63, 3.8) is 0 Å². The first-order chi connectivity index (χ1) is 7.08. The van der Waals surface area contributed by atoms with Crippen LogP contribution in [0.1, 0.15) is 0 Å². The van der Waals surface area contributed by atoms with Crippen LogP contribution < -0.4 is 5.73 Å². The molecule has 1 heterocycles. The molecule has 2 rings (SSSR count). The van der Waals surface area contributed by atoms with Gasteiger partial charge in [0.25, 0.3) is 0 Å². The first kappa shape index (κ1) is 10.1. The lowest BCUT2D eigenvalue weighted by molar-refractivity contribution is 0.629. The van der Waals surface area contributed by atoms with Gasteiger partial charge in [0.2, 0.25) is 5.95 Å². The van der Waals surface area contributed by atoms with E-state index in [1.165, 1.54) is 10.7 Å². The number of benzene rings is 1. The third-order valence-electron chi connectivity index (χ3n) is 1.97. The van der Waals surface area contributed by atoms with E-state index < -0.39 is 0 Å². The Kier molecular flexibility index (Phi) is 2.44. The molecule has 0 aliphatic heterocycles. The van der Waals surface area contributed by atoms with Crippen molar-refractivity contribution in [1.82, 2.24) is 14.8 Å². The first-order valence-electron chi connectivity index (χ1n) is 4.20. The minimum absolute atomic E-state index is 0.254. The highest BCUT2D eigenvalue weighted by Gasteiger charge is 2.11. The molecule has 0 aliphatic rings. The summed E-state index contributed by atoms with van der Waals surface area (Å²) in [5.41, 5.74) is 5.85. The van der Waals surface area contributed by atoms with Crippen LogP contribution in [0.15, 0.2) is 22.7 Å². The van der Waals surface area contributed by atoms with Crippen molar-refractivity contribution >= 4 is 21.9 Å². The predicted molar refractivity (Wildman–Crippen MR) is 58.5 cm³/mol. The van der Waals surface area contributed by atoms with E-state index in [-0.39, 0.29) is 17.6 Å². The second kappa shape index (κ2) is 3.62. The van der Waals surface area contributed by atoms with Gasteiger partial charge in [0.1, 0.15) is 5.82 Å². The number of aryl methyl sites for hydroxylation is 1. The molecule has 0 saturated heterocycles. The Morgan fingerprint density at radius 3 is 2.80 bits per heavy atom. The lowest BCUT2D eigenvalue weighted by Gasteiger charge is -1.98. The molecule has 0 atom stereocenters. The molecule has 78 valence electrons. The largest absolute Gasteiger partial charge is 0.368 e. The molecule has 0 unspecified atom stereocenters. The SMILES string of the molecule is Cn1nc(-c2cc(Br)ccc2F)nc1N. The zero-order chi connectivity index (χ0) is 11.0. The molecule has 0 bridgehead atoms. The Labute approximate surface area is 94.1 Å². The third kappa shape index (κ3) is 1.85. The van der Waals surface area contributed by atoms with Crippen LogP contribution in [0.2, 0.25) is 0 Å². The summed E-state index contributed by atoms with van der Waals surface area (Å²) in [7, 11) is 1.65. The van der Waals surface area contributed by atoms with E-state index in [0.29, 0.717) is 5.56 Å². The minimum Gasteiger partial charge on any atom is -0.368 e. The second-order valence-electron chi connectivity index (χ2n) is 3.04. The van der Waals surface area contributed by atoms with E-state index in [1.807, 2.05) is 0 Å². The Morgan fingerprint density at radius 1 is 1.47 bits per heavy atom. The predicted octanol–water partition coefficient (Wildman–Crippen LogP) is 1.97. The van der Waals surface area contributed by atoms with Gasteiger partial charge in [-0.3, -0.25) is 0 Å². The molecular formula is C9H8BrFN4. The number of aromatic nitrogens is 3. The summed E-state index contributed by atoms with van der Waals surface area (Å²) in [4.78, 5) is 3.95. The quantitative estimate of drug-likeness (QED) is 0.862. The van der Waals surface area contributed by atoms with Crippen LogP contribution in [0.4, 0.5) is 10.3 Å². The maximum absolute atomic E-state index is 13.4. The number of hydrogen-bond donors (Lipinski definition) is 1. The fourth-order valence-electron chi connectivity index (χ4n) is 1.18. The normalized spacial score (nSPS) is 10.6. The number of nitrogens with zero attached hydrogens (tertiary/aromatic N) is 3. The van der Waals surface area contributed by atoms with E-state index >= 15 is 0 Å². The van der Waals surface area contributed by atoms with Gasteiger partial charge >= 0.3 is 0 Å². The van der Waals surface area contributed by atoms with Gasteiger partial charge in [-0.25, -0.2) is 9.07 Å². The fraction of sp³-hybridized carbons (Fsp3) is 0.111. The second-order valence-corrected chi connectivity index (χ2v) is 3.96. The molecule has 0 aliphatic carbocycles. The summed E-state index contributed by atoms with van der Waals surface area (Å²) in [5.74, 6) is 0.168. The van der Waals surface area contributed by atoms with Crippen LogP contribution in [0.3, 0.4) is 0 Å². The van der Waals surface area contributed by atoms with E-state index in [0.717, 1.165) is 4.47 Å². The molecule has 2 aromatic rings. The molecule has 0 fully saturated rings. The topological polar surface area (TPSA) is 56.7 Å². The smallest absolute Gasteiger partial charge is 0.218 e. The molecule has 1 aromatic heterocycles. The van der Waals surface area contributed by atoms with Gasteiger partial charge in [0, 0.05) is 11.5 Å². The number of nitrogen functional groups attached to an aromatic ring is 1. The third-order valence-corrected chi connectivity index (χ3v) is 2.46. The average Bonchev–Trinajstić information content (AvgIpc) is 2.51. The molecule has 0 radical (unpaired) electrons. The van der Waals surface area contributed by atoms with Crippen molar-refractivity contribution in [2.24, 2.45) is 7.05 Å². The van der Waals surface area contributed by atoms with Crippen molar-refractivity contribution in [2.75, 3.05) is 5.73 Å². The summed E-state index contributed by atoms with van der Waals surface area (Å²) < 4.78 is 15.6. The highest BCUT2D eigenvalue weighted by atomic mass is 79.9. The number of rotatable bonds is 1. The molecule has 0 spiro atoms. The van der Waals surface area contributed by atoms with Gasteiger partial charge in [0.05, 0.1) is 5.56 Å². The molecule has 1 aromatic carbocycles. The van der Waals surface area contributed by atoms with E-state index in [2.05, 4.69) is 26.0 Å². The summed E-state index contributed by atoms with van der Waals surface area (Å²) in [6.45, 7) is 0. The highest BCUT2D eigenvalue weighted by molar-refractivity contribution is 9.10. The van der Waals surface area contributed by atoms with Crippen molar-refractivity contribution in [3.8, 4) is 11.4 Å². The fourth-order valence-corrected chi connectivity index (χ4v) is 1.54. The summed E-state index contributed by atoms with van der Waals surface area (Å²) in [5, 5.41) is 4.00. The van der Waals surface area contributed by atoms with E-state index in [9.17, 15) is 4.39 Å². The minimum atomic E-state index is -0.371. The van der Waals surface area contributed by atoms with Crippen LogP contribution in [-0.2, 0) is 7.05 Å². The molecule has 4 nitrogen and oxygen atoms in total. The van der Waals surface area contributed by atoms with Crippen molar-refractivity contribution in [3.05, 3.63) is 28.5 Å². The zero-order valence-corrected chi connectivity index (χ0v) is 9.49. The molecule has 15 heavy (non-hydrogen) atoms. The standard InChI is InChI=1S/C9H8BrFN4/c1-15-9(12)13-8(14-15)6-4-5(10)2-3-7(6)11/h2-4H,1H3,(H2,12,13,14). The summed E-state index contributed by atoms with van der Waals surface area (Å²) in [6, 6.07) is 4.58. The molecule has 2 N–H and O–H groups in total. The molecule has 0 amide bonds. The number of nitrogens with two attached hydrogens (primary N) is 1. The van der Waals surface area contributed by atoms with Crippen molar-refractivity contribution in [2.45, 2.75) is 0 Å². The lowest BCUT2D eigenvalue weighted by Crippen LogP contribution is -1.97. The highest BCUT2D eigenvalue weighted by Crippen LogP contribution is 2.23. The van der Waals surface area contributed by atoms with Crippen molar-refractivity contribution < 1.29 is 4.39 Å². The van der Waals surface area contributed by atoms with Crippen LogP contribution in [0, 0.1) is 5.82 Å². The lowest BCUT2D eigenvalue weighted by atomic mass is 10.2. The van der Waals surface area contributed by atoms with Gasteiger partial charge in [-0.1, -0.05) is 15.9 Å². The van der Waals surface area contributed by atoms with E-state index in [4.69, 9.17) is 5.73 Å². The maximum Gasteiger partial charge on any atom is 0.218 e. The maximum atomic E-state index is 13.4. The van der Waals surface area contributed by atoms with Gasteiger partial charge in [-0.05, 0) is 18.2 Å². The number of hydrogen-bond acceptors (Lipinski definition) is 3. The number of anilines is 1. The summed E-state index contributed by atoms with van der Waals surface area (Å²) in [6.07, 6.45) is 0. The van der Waals surface area contributed by atoms with Gasteiger partial charge in [-0.2, -0.15) is 4.98 Å². The van der Waals surface area contributed by atoms with Gasteiger partial charge in [-0.15, -0.1) is 5.10 Å². The Hall–Kier alpha value is -1.43. The molecular weight excluding hydrogens is 263 g/mol. The van der Waals surface area contributed by atoms with Crippen LogP contribution in [0.5, 0.6) is 0 Å². The number of halogens is 2. The van der Waals surface area contributed by atoms with Crippen LogP contribution in [-0.4, -0.2) is 14.8 Å². The van der Waals surface area contributed by atoms with Crippen LogP contribution >= 0.6 is 15.9 Å². The monoisotopic (exact) mass is 270 g/mol. The summed E-state index contributed by atoms with van der Waals surface area (Å²) >= 11 is 3.26. The Bertz CT molecular complexity index is 489.